The zero-order chi connectivity index (χ0) is 10.4. The summed E-state index contributed by atoms with van der Waals surface area (Å²) in [6, 6.07) is 8.35. The van der Waals surface area contributed by atoms with Crippen LogP contribution in [0.25, 0.3) is 0 Å². The van der Waals surface area contributed by atoms with Crippen LogP contribution in [-0.2, 0) is 4.79 Å². The van der Waals surface area contributed by atoms with Gasteiger partial charge in [-0.1, -0.05) is 11.2 Å². The summed E-state index contributed by atoms with van der Waals surface area (Å²) in [5, 5.41) is 21.6. The van der Waals surface area contributed by atoms with E-state index in [9.17, 15) is 4.79 Å². The minimum Gasteiger partial charge on any atom is -0.411 e. The topological polar surface area (TPSA) is 85.5 Å². The first-order valence-electron chi connectivity index (χ1n) is 3.75. The Bertz CT molecular complexity index is 407. The number of hydrogen-bond acceptors (Lipinski definition) is 4. The molecule has 2 N–H and O–H groups in total. The fraction of sp³-hybridized carbons (Fsp3) is 0. The number of oxime groups is 1. The lowest BCUT2D eigenvalue weighted by Gasteiger charge is -2.00. The summed E-state index contributed by atoms with van der Waals surface area (Å²) in [5.74, 6) is -0.553. The van der Waals surface area contributed by atoms with Gasteiger partial charge in [0.1, 0.15) is 6.21 Å². The molecule has 70 valence electrons. The molecule has 0 spiro atoms. The van der Waals surface area contributed by atoms with Gasteiger partial charge in [-0.25, -0.2) is 0 Å². The summed E-state index contributed by atoms with van der Waals surface area (Å²) in [5.41, 5.74) is 0.928. The Morgan fingerprint density at radius 1 is 1.64 bits per heavy atom. The monoisotopic (exact) mass is 189 g/mol. The van der Waals surface area contributed by atoms with Crippen molar-refractivity contribution in [3.8, 4) is 6.07 Å². The largest absolute Gasteiger partial charge is 0.411 e. The maximum atomic E-state index is 10.9. The van der Waals surface area contributed by atoms with Crippen LogP contribution in [0.2, 0.25) is 0 Å². The van der Waals surface area contributed by atoms with Crippen LogP contribution in [0, 0.1) is 11.3 Å². The molecule has 0 saturated heterocycles. The van der Waals surface area contributed by atoms with Crippen molar-refractivity contribution in [3.05, 3.63) is 29.8 Å². The van der Waals surface area contributed by atoms with E-state index < -0.39 is 5.91 Å². The first kappa shape index (κ1) is 9.74. The van der Waals surface area contributed by atoms with E-state index in [1.807, 2.05) is 6.07 Å². The molecule has 0 radical (unpaired) electrons. The van der Waals surface area contributed by atoms with Gasteiger partial charge in [0, 0.05) is 5.69 Å². The Hall–Kier alpha value is -2.35. The van der Waals surface area contributed by atoms with Crippen molar-refractivity contribution in [2.45, 2.75) is 0 Å². The van der Waals surface area contributed by atoms with Crippen molar-refractivity contribution >= 4 is 17.8 Å². The summed E-state index contributed by atoms with van der Waals surface area (Å²) >= 11 is 0. The molecule has 1 amide bonds. The molecule has 14 heavy (non-hydrogen) atoms. The Kier molecular flexibility index (Phi) is 3.21. The Morgan fingerprint density at radius 2 is 2.43 bits per heavy atom. The number of carbonyl (C=O) groups excluding carboxylic acids is 1. The van der Waals surface area contributed by atoms with E-state index in [1.54, 1.807) is 18.2 Å². The minimum atomic E-state index is -0.553. The van der Waals surface area contributed by atoms with Crippen LogP contribution in [0.3, 0.4) is 0 Å². The zero-order valence-corrected chi connectivity index (χ0v) is 7.14. The summed E-state index contributed by atoms with van der Waals surface area (Å²) < 4.78 is 0. The standard InChI is InChI=1S/C9H7N3O2/c10-5-7-2-1-3-8(4-7)12-9(13)6-11-14/h1-4,6,14H,(H,12,13)/b11-6+. The first-order chi connectivity index (χ1) is 6.76. The van der Waals surface area contributed by atoms with Crippen LogP contribution in [0.15, 0.2) is 29.4 Å². The van der Waals surface area contributed by atoms with Crippen LogP contribution in [0.4, 0.5) is 5.69 Å². The molecule has 1 aromatic rings. The second kappa shape index (κ2) is 4.62. The van der Waals surface area contributed by atoms with E-state index in [0.29, 0.717) is 11.3 Å². The van der Waals surface area contributed by atoms with Crippen LogP contribution < -0.4 is 5.32 Å². The molecule has 0 aliphatic rings. The first-order valence-corrected chi connectivity index (χ1v) is 3.75. The number of rotatable bonds is 2. The van der Waals surface area contributed by atoms with Gasteiger partial charge in [-0.05, 0) is 18.2 Å². The van der Waals surface area contributed by atoms with Gasteiger partial charge in [-0.2, -0.15) is 5.26 Å². The SMILES string of the molecule is N#Cc1cccc(NC(=O)/C=N/O)c1. The zero-order valence-electron chi connectivity index (χ0n) is 7.14. The molecule has 0 atom stereocenters. The molecule has 5 heteroatoms. The van der Waals surface area contributed by atoms with E-state index in [2.05, 4.69) is 10.5 Å². The van der Waals surface area contributed by atoms with Gasteiger partial charge in [-0.15, -0.1) is 0 Å². The average molecular weight is 189 g/mol. The van der Waals surface area contributed by atoms with Gasteiger partial charge in [-0.3, -0.25) is 4.79 Å². The van der Waals surface area contributed by atoms with Crippen molar-refractivity contribution in [2.75, 3.05) is 5.32 Å². The number of nitriles is 1. The lowest BCUT2D eigenvalue weighted by atomic mass is 10.2. The second-order valence-corrected chi connectivity index (χ2v) is 2.43. The lowest BCUT2D eigenvalue weighted by molar-refractivity contribution is -0.110. The summed E-state index contributed by atoms with van der Waals surface area (Å²) in [6.07, 6.45) is 0.735. The van der Waals surface area contributed by atoms with Crippen LogP contribution in [0.1, 0.15) is 5.56 Å². The molecular weight excluding hydrogens is 182 g/mol. The van der Waals surface area contributed by atoms with Crippen molar-refractivity contribution in [2.24, 2.45) is 5.16 Å². The molecule has 0 aliphatic heterocycles. The summed E-state index contributed by atoms with van der Waals surface area (Å²) in [4.78, 5) is 10.9. The normalized spacial score (nSPS) is 9.64. The molecule has 1 aromatic carbocycles. The maximum absolute atomic E-state index is 10.9. The highest BCUT2D eigenvalue weighted by Gasteiger charge is 1.98. The smallest absolute Gasteiger partial charge is 0.270 e. The maximum Gasteiger partial charge on any atom is 0.270 e. The molecule has 5 nitrogen and oxygen atoms in total. The van der Waals surface area contributed by atoms with Gasteiger partial charge < -0.3 is 10.5 Å². The highest BCUT2D eigenvalue weighted by Crippen LogP contribution is 2.08. The van der Waals surface area contributed by atoms with Crippen molar-refractivity contribution in [1.29, 1.82) is 5.26 Å². The van der Waals surface area contributed by atoms with Gasteiger partial charge in [0.2, 0.25) is 0 Å². The molecule has 0 fully saturated rings. The highest BCUT2D eigenvalue weighted by molar-refractivity contribution is 6.31. The molecule has 0 bridgehead atoms. The van der Waals surface area contributed by atoms with E-state index in [1.165, 1.54) is 6.07 Å². The molecule has 0 heterocycles. The Morgan fingerprint density at radius 3 is 3.07 bits per heavy atom. The number of benzene rings is 1. The molecule has 0 unspecified atom stereocenters. The number of hydrogen-bond donors (Lipinski definition) is 2. The third kappa shape index (κ3) is 2.60. The highest BCUT2D eigenvalue weighted by atomic mass is 16.4. The number of nitrogens with zero attached hydrogens (tertiary/aromatic N) is 2. The van der Waals surface area contributed by atoms with E-state index in [0.717, 1.165) is 6.21 Å². The van der Waals surface area contributed by atoms with Gasteiger partial charge >= 0.3 is 0 Å². The summed E-state index contributed by atoms with van der Waals surface area (Å²) in [6.45, 7) is 0. The third-order valence-electron chi connectivity index (χ3n) is 1.43. The van der Waals surface area contributed by atoms with Crippen LogP contribution in [-0.4, -0.2) is 17.3 Å². The second-order valence-electron chi connectivity index (χ2n) is 2.43. The van der Waals surface area contributed by atoms with Crippen molar-refractivity contribution in [3.63, 3.8) is 0 Å². The number of amides is 1. The third-order valence-corrected chi connectivity index (χ3v) is 1.43. The van der Waals surface area contributed by atoms with E-state index in [-0.39, 0.29) is 0 Å². The molecule has 0 aliphatic carbocycles. The van der Waals surface area contributed by atoms with Gasteiger partial charge in [0.25, 0.3) is 5.91 Å². The summed E-state index contributed by atoms with van der Waals surface area (Å²) in [7, 11) is 0. The lowest BCUT2D eigenvalue weighted by Crippen LogP contribution is -2.12. The van der Waals surface area contributed by atoms with Crippen LogP contribution in [0.5, 0.6) is 0 Å². The minimum absolute atomic E-state index is 0.448. The number of nitrogens with one attached hydrogen (secondary N) is 1. The van der Waals surface area contributed by atoms with E-state index >= 15 is 0 Å². The number of anilines is 1. The van der Waals surface area contributed by atoms with Crippen molar-refractivity contribution < 1.29 is 10.0 Å². The molecule has 0 aromatic heterocycles. The van der Waals surface area contributed by atoms with Gasteiger partial charge in [0.15, 0.2) is 0 Å². The Balaban J connectivity index is 2.78. The average Bonchev–Trinajstić information content (AvgIpc) is 2.18. The van der Waals surface area contributed by atoms with E-state index in [4.69, 9.17) is 10.5 Å². The van der Waals surface area contributed by atoms with Crippen molar-refractivity contribution in [1.82, 2.24) is 0 Å². The molecule has 1 rings (SSSR count). The predicted molar refractivity (Wildman–Crippen MR) is 50.1 cm³/mol. The fourth-order valence-corrected chi connectivity index (χ4v) is 0.893. The van der Waals surface area contributed by atoms with Gasteiger partial charge in [0.05, 0.1) is 11.6 Å². The van der Waals surface area contributed by atoms with Crippen LogP contribution >= 0.6 is 0 Å². The Labute approximate surface area is 80.3 Å². The molecule has 0 saturated carbocycles. The quantitative estimate of drug-likeness (QED) is 0.412. The number of carbonyl (C=O) groups is 1. The predicted octanol–water partition coefficient (Wildman–Crippen LogP) is 0.957. The molecular formula is C9H7N3O2. The fourth-order valence-electron chi connectivity index (χ4n) is 0.893.